The number of hydrogen-bond acceptors (Lipinski definition) is 4. The molecule has 174 valence electrons. The first kappa shape index (κ1) is 23.7. The van der Waals surface area contributed by atoms with Crippen LogP contribution in [-0.4, -0.2) is 35.7 Å². The first-order valence-corrected chi connectivity index (χ1v) is 11.9. The van der Waals surface area contributed by atoms with E-state index in [4.69, 9.17) is 9.84 Å². The molecule has 0 saturated heterocycles. The molecule has 34 heavy (non-hydrogen) atoms. The molecule has 1 aliphatic rings. The standard InChI is InChI=1S/C26H23IN2O5/c1-2-22(25(31)32)28-24(30)15-11-12-23(21(27)13-15)29-26(33)34-14-20-18-9-5-3-7-16(18)17-8-4-6-10-19(17)20/h3-13,20,22H,2,14H2,1H3,(H,28,30)(H,29,33)(H,31,32)/t22-/m0/s1. The number of hydrogen-bond donors (Lipinski definition) is 3. The van der Waals surface area contributed by atoms with Gasteiger partial charge in [0.05, 0.1) is 5.69 Å². The second kappa shape index (κ2) is 10.3. The summed E-state index contributed by atoms with van der Waals surface area (Å²) in [5.74, 6) is -1.61. The predicted molar refractivity (Wildman–Crippen MR) is 137 cm³/mol. The number of carboxylic acid groups (broad SMARTS) is 1. The first-order chi connectivity index (χ1) is 16.4. The fourth-order valence-corrected chi connectivity index (χ4v) is 4.73. The van der Waals surface area contributed by atoms with E-state index in [0.29, 0.717) is 14.8 Å². The van der Waals surface area contributed by atoms with Gasteiger partial charge in [-0.15, -0.1) is 0 Å². The quantitative estimate of drug-likeness (QED) is 0.337. The molecular weight excluding hydrogens is 547 g/mol. The van der Waals surface area contributed by atoms with Crippen LogP contribution in [0.1, 0.15) is 40.7 Å². The summed E-state index contributed by atoms with van der Waals surface area (Å²) in [6.07, 6.45) is -0.312. The monoisotopic (exact) mass is 570 g/mol. The van der Waals surface area contributed by atoms with E-state index in [9.17, 15) is 14.4 Å². The lowest BCUT2D eigenvalue weighted by Crippen LogP contribution is -2.40. The number of carbonyl (C=O) groups excluding carboxylic acids is 2. The van der Waals surface area contributed by atoms with Crippen LogP contribution in [0.4, 0.5) is 10.5 Å². The Labute approximate surface area is 210 Å². The summed E-state index contributed by atoms with van der Waals surface area (Å²) in [7, 11) is 0. The van der Waals surface area contributed by atoms with Crippen molar-refractivity contribution in [2.75, 3.05) is 11.9 Å². The molecule has 3 aromatic carbocycles. The number of aliphatic carboxylic acids is 1. The van der Waals surface area contributed by atoms with Crippen molar-refractivity contribution < 1.29 is 24.2 Å². The molecule has 0 radical (unpaired) electrons. The second-order valence-corrected chi connectivity index (χ2v) is 9.08. The van der Waals surface area contributed by atoms with Gasteiger partial charge in [0.15, 0.2) is 0 Å². The minimum absolute atomic E-state index is 0.0379. The highest BCUT2D eigenvalue weighted by Gasteiger charge is 2.29. The van der Waals surface area contributed by atoms with Crippen LogP contribution in [0.3, 0.4) is 0 Å². The summed E-state index contributed by atoms with van der Waals surface area (Å²) in [4.78, 5) is 36.1. The van der Waals surface area contributed by atoms with Crippen molar-refractivity contribution in [3.05, 3.63) is 87.0 Å². The van der Waals surface area contributed by atoms with Crippen LogP contribution < -0.4 is 10.6 Å². The van der Waals surface area contributed by atoms with Crippen molar-refractivity contribution in [2.24, 2.45) is 0 Å². The lowest BCUT2D eigenvalue weighted by atomic mass is 9.98. The zero-order chi connectivity index (χ0) is 24.2. The molecule has 0 unspecified atom stereocenters. The number of carbonyl (C=O) groups is 3. The van der Waals surface area contributed by atoms with Gasteiger partial charge in [0.25, 0.3) is 5.91 Å². The smallest absolute Gasteiger partial charge is 0.411 e. The molecule has 0 heterocycles. The molecule has 0 aromatic heterocycles. The van der Waals surface area contributed by atoms with Gasteiger partial charge in [-0.25, -0.2) is 9.59 Å². The maximum absolute atomic E-state index is 12.5. The molecule has 2 amide bonds. The average molecular weight is 570 g/mol. The Morgan fingerprint density at radius 1 is 1.00 bits per heavy atom. The van der Waals surface area contributed by atoms with E-state index in [-0.39, 0.29) is 18.9 Å². The van der Waals surface area contributed by atoms with Gasteiger partial charge in [-0.2, -0.15) is 0 Å². The Morgan fingerprint density at radius 2 is 1.62 bits per heavy atom. The highest BCUT2D eigenvalue weighted by atomic mass is 127. The molecule has 8 heteroatoms. The van der Waals surface area contributed by atoms with E-state index in [0.717, 1.165) is 22.3 Å². The normalized spacial score (nSPS) is 12.9. The van der Waals surface area contributed by atoms with E-state index >= 15 is 0 Å². The first-order valence-electron chi connectivity index (χ1n) is 10.8. The molecule has 4 rings (SSSR count). The van der Waals surface area contributed by atoms with E-state index in [2.05, 4.69) is 34.9 Å². The predicted octanol–water partition coefficient (Wildman–Crippen LogP) is 5.25. The molecule has 3 aromatic rings. The highest BCUT2D eigenvalue weighted by molar-refractivity contribution is 14.1. The maximum Gasteiger partial charge on any atom is 0.411 e. The van der Waals surface area contributed by atoms with E-state index in [1.807, 2.05) is 46.9 Å². The minimum Gasteiger partial charge on any atom is -0.480 e. The van der Waals surface area contributed by atoms with Crippen molar-refractivity contribution >= 4 is 46.2 Å². The number of amides is 2. The van der Waals surface area contributed by atoms with E-state index in [1.54, 1.807) is 19.1 Å². The number of nitrogens with one attached hydrogen (secondary N) is 2. The molecule has 0 fully saturated rings. The largest absolute Gasteiger partial charge is 0.480 e. The number of carboxylic acids is 1. The molecular formula is C26H23IN2O5. The number of anilines is 1. The lowest BCUT2D eigenvalue weighted by Gasteiger charge is -2.15. The van der Waals surface area contributed by atoms with Crippen LogP contribution in [0.25, 0.3) is 11.1 Å². The molecule has 1 aliphatic carbocycles. The SMILES string of the molecule is CC[C@H](NC(=O)c1ccc(NC(=O)OCC2c3ccccc3-c3ccccc32)c(I)c1)C(=O)O. The molecule has 1 atom stereocenters. The Balaban J connectivity index is 1.40. The second-order valence-electron chi connectivity index (χ2n) is 7.92. The molecule has 7 nitrogen and oxygen atoms in total. The zero-order valence-electron chi connectivity index (χ0n) is 18.4. The fourth-order valence-electron chi connectivity index (χ4n) is 4.08. The Bertz CT molecular complexity index is 1210. The van der Waals surface area contributed by atoms with Crippen molar-refractivity contribution in [1.29, 1.82) is 0 Å². The van der Waals surface area contributed by atoms with Gasteiger partial charge in [-0.05, 0) is 69.5 Å². The molecule has 0 spiro atoms. The van der Waals surface area contributed by atoms with Gasteiger partial charge < -0.3 is 15.2 Å². The van der Waals surface area contributed by atoms with Gasteiger partial charge in [0, 0.05) is 15.1 Å². The van der Waals surface area contributed by atoms with Crippen molar-refractivity contribution in [1.82, 2.24) is 5.32 Å². The van der Waals surface area contributed by atoms with Gasteiger partial charge in [-0.3, -0.25) is 10.1 Å². The third-order valence-corrected chi connectivity index (χ3v) is 6.72. The topological polar surface area (TPSA) is 105 Å². The van der Waals surface area contributed by atoms with Crippen LogP contribution in [0.2, 0.25) is 0 Å². The number of benzene rings is 3. The number of ether oxygens (including phenoxy) is 1. The average Bonchev–Trinajstić information content (AvgIpc) is 3.16. The van der Waals surface area contributed by atoms with Crippen LogP contribution >= 0.6 is 22.6 Å². The van der Waals surface area contributed by atoms with Gasteiger partial charge >= 0.3 is 12.1 Å². The summed E-state index contributed by atoms with van der Waals surface area (Å²) in [6.45, 7) is 1.88. The third-order valence-electron chi connectivity index (χ3n) is 5.82. The molecule has 3 N–H and O–H groups in total. The molecule has 0 bridgehead atoms. The minimum atomic E-state index is -1.08. The summed E-state index contributed by atoms with van der Waals surface area (Å²) in [5, 5.41) is 14.3. The fraction of sp³-hybridized carbons (Fsp3) is 0.192. The van der Waals surface area contributed by atoms with Crippen LogP contribution in [0.15, 0.2) is 66.7 Å². The lowest BCUT2D eigenvalue weighted by molar-refractivity contribution is -0.139. The van der Waals surface area contributed by atoms with Gasteiger partial charge in [-0.1, -0.05) is 55.5 Å². The maximum atomic E-state index is 12.5. The van der Waals surface area contributed by atoms with Crippen molar-refractivity contribution in [2.45, 2.75) is 25.3 Å². The van der Waals surface area contributed by atoms with Crippen LogP contribution in [0, 0.1) is 3.57 Å². The van der Waals surface area contributed by atoms with Crippen molar-refractivity contribution in [3.63, 3.8) is 0 Å². The summed E-state index contributed by atoms with van der Waals surface area (Å²) < 4.78 is 6.20. The van der Waals surface area contributed by atoms with Crippen LogP contribution in [0.5, 0.6) is 0 Å². The Hall–Kier alpha value is -3.40. The van der Waals surface area contributed by atoms with Crippen LogP contribution in [-0.2, 0) is 9.53 Å². The Morgan fingerprint density at radius 3 is 2.18 bits per heavy atom. The molecule has 0 saturated carbocycles. The van der Waals surface area contributed by atoms with Gasteiger partial charge in [0.2, 0.25) is 0 Å². The number of fused-ring (bicyclic) bond motifs is 3. The van der Waals surface area contributed by atoms with E-state index < -0.39 is 24.0 Å². The summed E-state index contributed by atoms with van der Waals surface area (Å²) in [6, 6.07) is 20.0. The summed E-state index contributed by atoms with van der Waals surface area (Å²) in [5.41, 5.74) is 5.38. The summed E-state index contributed by atoms with van der Waals surface area (Å²) >= 11 is 2.01. The third kappa shape index (κ3) is 4.91. The van der Waals surface area contributed by atoms with Crippen molar-refractivity contribution in [3.8, 4) is 11.1 Å². The van der Waals surface area contributed by atoms with Gasteiger partial charge in [0.1, 0.15) is 12.6 Å². The number of halogens is 1. The molecule has 0 aliphatic heterocycles. The number of rotatable bonds is 7. The Kier molecular flexibility index (Phi) is 7.16. The van der Waals surface area contributed by atoms with E-state index in [1.165, 1.54) is 6.07 Å². The highest BCUT2D eigenvalue weighted by Crippen LogP contribution is 2.44. The zero-order valence-corrected chi connectivity index (χ0v) is 20.5.